The van der Waals surface area contributed by atoms with Crippen LogP contribution in [0.25, 0.3) is 10.1 Å². The maximum atomic E-state index is 13.0. The van der Waals surface area contributed by atoms with Crippen molar-refractivity contribution in [2.75, 3.05) is 47.1 Å². The molecule has 1 N–H and O–H groups in total. The molecular weight excluding hydrogens is 446 g/mol. The van der Waals surface area contributed by atoms with Gasteiger partial charge in [0.25, 0.3) is 11.6 Å². The van der Waals surface area contributed by atoms with Crippen LogP contribution in [0.3, 0.4) is 0 Å². The van der Waals surface area contributed by atoms with E-state index >= 15 is 0 Å². The summed E-state index contributed by atoms with van der Waals surface area (Å²) in [5.74, 6) is 1.06. The number of hydrogen-bond acceptors (Lipinski definition) is 8. The van der Waals surface area contributed by atoms with E-state index in [0.29, 0.717) is 41.5 Å². The minimum Gasteiger partial charge on any atom is -0.493 e. The highest BCUT2D eigenvalue weighted by molar-refractivity contribution is 7.20. The fourth-order valence-corrected chi connectivity index (χ4v) is 4.90. The van der Waals surface area contributed by atoms with Crippen molar-refractivity contribution in [3.8, 4) is 11.5 Å². The predicted octanol–water partition coefficient (Wildman–Crippen LogP) is 3.63. The third-order valence-corrected chi connectivity index (χ3v) is 6.78. The minimum absolute atomic E-state index is 0.00749. The Morgan fingerprint density at radius 3 is 2.61 bits per heavy atom. The molecule has 1 fully saturated rings. The number of methoxy groups -OCH3 is 2. The van der Waals surface area contributed by atoms with Gasteiger partial charge in [0.1, 0.15) is 0 Å². The van der Waals surface area contributed by atoms with Crippen LogP contribution < -0.4 is 14.8 Å². The van der Waals surface area contributed by atoms with Gasteiger partial charge in [0.2, 0.25) is 0 Å². The summed E-state index contributed by atoms with van der Waals surface area (Å²) in [6.07, 6.45) is 0. The number of nitro benzene ring substituents is 1. The van der Waals surface area contributed by atoms with E-state index in [1.807, 2.05) is 18.2 Å². The van der Waals surface area contributed by atoms with Gasteiger partial charge >= 0.3 is 0 Å². The Morgan fingerprint density at radius 1 is 1.15 bits per heavy atom. The van der Waals surface area contributed by atoms with Crippen LogP contribution in [0.15, 0.2) is 42.5 Å². The monoisotopic (exact) mass is 471 g/mol. The molecular formula is C23H25N3O6S. The number of nitrogens with zero attached hydrogens (tertiary/aromatic N) is 2. The zero-order valence-electron chi connectivity index (χ0n) is 18.4. The molecule has 1 unspecified atom stereocenters. The first kappa shape index (κ1) is 23.0. The molecule has 0 radical (unpaired) electrons. The van der Waals surface area contributed by atoms with Crippen molar-refractivity contribution in [2.24, 2.45) is 0 Å². The van der Waals surface area contributed by atoms with Crippen LogP contribution in [-0.4, -0.2) is 62.8 Å². The first-order chi connectivity index (χ1) is 16.0. The summed E-state index contributed by atoms with van der Waals surface area (Å²) < 4.78 is 17.2. The normalized spacial score (nSPS) is 15.2. The smallest absolute Gasteiger partial charge is 0.270 e. The van der Waals surface area contributed by atoms with E-state index in [1.165, 1.54) is 23.5 Å². The molecule has 1 amide bonds. The first-order valence-electron chi connectivity index (χ1n) is 10.5. The average Bonchev–Trinajstić information content (AvgIpc) is 3.28. The molecule has 1 aromatic heterocycles. The second kappa shape index (κ2) is 10.2. The molecule has 4 rings (SSSR count). The maximum absolute atomic E-state index is 13.0. The largest absolute Gasteiger partial charge is 0.493 e. The van der Waals surface area contributed by atoms with Crippen LogP contribution in [-0.2, 0) is 4.74 Å². The number of ether oxygens (including phenoxy) is 3. The van der Waals surface area contributed by atoms with Crippen molar-refractivity contribution in [2.45, 2.75) is 6.04 Å². The second-order valence-electron chi connectivity index (χ2n) is 7.58. The lowest BCUT2D eigenvalue weighted by Gasteiger charge is -2.35. The van der Waals surface area contributed by atoms with Gasteiger partial charge in [-0.05, 0) is 29.8 Å². The van der Waals surface area contributed by atoms with Crippen molar-refractivity contribution in [3.63, 3.8) is 0 Å². The van der Waals surface area contributed by atoms with Gasteiger partial charge in [-0.25, -0.2) is 0 Å². The second-order valence-corrected chi connectivity index (χ2v) is 8.66. The number of rotatable bonds is 8. The first-order valence-corrected chi connectivity index (χ1v) is 11.3. The predicted molar refractivity (Wildman–Crippen MR) is 125 cm³/mol. The summed E-state index contributed by atoms with van der Waals surface area (Å²) in [5, 5.41) is 14.8. The van der Waals surface area contributed by atoms with Crippen LogP contribution in [0.2, 0.25) is 0 Å². The molecule has 1 aliphatic rings. The number of non-ortho nitro benzene ring substituents is 1. The van der Waals surface area contributed by atoms with Crippen molar-refractivity contribution >= 4 is 33.0 Å². The lowest BCUT2D eigenvalue weighted by atomic mass is 10.0. The summed E-state index contributed by atoms with van der Waals surface area (Å²) in [5.41, 5.74) is 1.01. The van der Waals surface area contributed by atoms with Crippen LogP contribution in [0, 0.1) is 10.1 Å². The standard InChI is InChI=1S/C23H25N3O6S/c1-30-19-5-3-15(12-20(19)31-2)18(25-7-9-32-10-8-25)14-24-23(27)22-13-16-11-17(26(28)29)4-6-21(16)33-22/h3-6,11-13,18H,7-10,14H2,1-2H3,(H,24,27). The third kappa shape index (κ3) is 5.08. The molecule has 10 heteroatoms. The molecule has 1 saturated heterocycles. The fourth-order valence-electron chi connectivity index (χ4n) is 3.94. The van der Waals surface area contributed by atoms with Crippen molar-refractivity contribution < 1.29 is 23.9 Å². The van der Waals surface area contributed by atoms with Crippen LogP contribution in [0.5, 0.6) is 11.5 Å². The summed E-state index contributed by atoms with van der Waals surface area (Å²) in [7, 11) is 3.19. The van der Waals surface area contributed by atoms with Crippen molar-refractivity contribution in [1.82, 2.24) is 10.2 Å². The third-order valence-electron chi connectivity index (χ3n) is 5.67. The Balaban J connectivity index is 1.54. The highest BCUT2D eigenvalue weighted by Crippen LogP contribution is 2.33. The van der Waals surface area contributed by atoms with Gasteiger partial charge < -0.3 is 19.5 Å². The molecule has 9 nitrogen and oxygen atoms in total. The molecule has 0 spiro atoms. The Bertz CT molecular complexity index is 1160. The number of amides is 1. The number of benzene rings is 2. The van der Waals surface area contributed by atoms with E-state index in [4.69, 9.17) is 14.2 Å². The molecule has 174 valence electrons. The van der Waals surface area contributed by atoms with E-state index in [1.54, 1.807) is 26.4 Å². The number of nitrogens with one attached hydrogen (secondary N) is 1. The van der Waals surface area contributed by atoms with E-state index in [2.05, 4.69) is 10.2 Å². The molecule has 0 bridgehead atoms. The maximum Gasteiger partial charge on any atom is 0.270 e. The zero-order chi connectivity index (χ0) is 23.4. The Kier molecular flexibility index (Phi) is 7.07. The molecule has 3 aromatic rings. The molecule has 2 heterocycles. The highest BCUT2D eigenvalue weighted by atomic mass is 32.1. The summed E-state index contributed by atoms with van der Waals surface area (Å²) >= 11 is 1.32. The number of fused-ring (bicyclic) bond motifs is 1. The Hall–Kier alpha value is -3.21. The number of nitro groups is 1. The Morgan fingerprint density at radius 2 is 1.91 bits per heavy atom. The van der Waals surface area contributed by atoms with Gasteiger partial charge in [-0.3, -0.25) is 19.8 Å². The summed E-state index contributed by atoms with van der Waals surface area (Å²) in [6.45, 7) is 3.16. The Labute approximate surface area is 195 Å². The summed E-state index contributed by atoms with van der Waals surface area (Å²) in [6, 6.07) is 12.0. The lowest BCUT2D eigenvalue weighted by Crippen LogP contribution is -2.43. The number of hydrogen-bond donors (Lipinski definition) is 1. The van der Waals surface area contributed by atoms with Crippen LogP contribution in [0.4, 0.5) is 5.69 Å². The molecule has 0 aliphatic carbocycles. The fraction of sp³-hybridized carbons (Fsp3) is 0.348. The SMILES string of the molecule is COc1ccc(C(CNC(=O)c2cc3cc([N+](=O)[O-])ccc3s2)N2CCOCC2)cc1OC. The minimum atomic E-state index is -0.438. The van der Waals surface area contributed by atoms with Crippen LogP contribution >= 0.6 is 11.3 Å². The van der Waals surface area contributed by atoms with E-state index in [9.17, 15) is 14.9 Å². The average molecular weight is 472 g/mol. The molecule has 2 aromatic carbocycles. The quantitative estimate of drug-likeness (QED) is 0.395. The van der Waals surface area contributed by atoms with Gasteiger partial charge in [-0.1, -0.05) is 6.07 Å². The van der Waals surface area contributed by atoms with Gasteiger partial charge in [-0.15, -0.1) is 11.3 Å². The summed E-state index contributed by atoms with van der Waals surface area (Å²) in [4.78, 5) is 26.3. The van der Waals surface area contributed by atoms with E-state index in [-0.39, 0.29) is 17.6 Å². The molecule has 1 atom stereocenters. The molecule has 0 saturated carbocycles. The molecule has 1 aliphatic heterocycles. The van der Waals surface area contributed by atoms with Crippen molar-refractivity contribution in [1.29, 1.82) is 0 Å². The molecule has 33 heavy (non-hydrogen) atoms. The highest BCUT2D eigenvalue weighted by Gasteiger charge is 2.25. The zero-order valence-corrected chi connectivity index (χ0v) is 19.2. The lowest BCUT2D eigenvalue weighted by molar-refractivity contribution is -0.384. The number of carbonyl (C=O) groups excluding carboxylic acids is 1. The van der Waals surface area contributed by atoms with Gasteiger partial charge in [0, 0.05) is 41.9 Å². The van der Waals surface area contributed by atoms with Gasteiger partial charge in [0.05, 0.1) is 43.3 Å². The number of morpholine rings is 1. The van der Waals surface area contributed by atoms with E-state index in [0.717, 1.165) is 23.4 Å². The van der Waals surface area contributed by atoms with Crippen LogP contribution in [0.1, 0.15) is 21.3 Å². The number of carbonyl (C=O) groups is 1. The topological polar surface area (TPSA) is 103 Å². The number of thiophene rings is 1. The van der Waals surface area contributed by atoms with E-state index < -0.39 is 4.92 Å². The van der Waals surface area contributed by atoms with Gasteiger partial charge in [-0.2, -0.15) is 0 Å². The van der Waals surface area contributed by atoms with Crippen molar-refractivity contribution in [3.05, 3.63) is 63.0 Å². The van der Waals surface area contributed by atoms with Gasteiger partial charge in [0.15, 0.2) is 11.5 Å².